The Kier molecular flexibility index (Phi) is 15.4. The van der Waals surface area contributed by atoms with Crippen molar-refractivity contribution in [3.05, 3.63) is 52.6 Å². The van der Waals surface area contributed by atoms with E-state index in [4.69, 9.17) is 4.74 Å². The zero-order chi connectivity index (χ0) is 27.4. The molecule has 208 valence electrons. The van der Waals surface area contributed by atoms with E-state index < -0.39 is 4.92 Å². The maximum atomic E-state index is 12.1. The van der Waals surface area contributed by atoms with Crippen molar-refractivity contribution in [1.29, 1.82) is 0 Å². The van der Waals surface area contributed by atoms with E-state index >= 15 is 0 Å². The number of nitrogens with zero attached hydrogens (tertiary/aromatic N) is 3. The number of hydrogen-bond acceptors (Lipinski definition) is 7. The van der Waals surface area contributed by atoms with Crippen LogP contribution in [0.2, 0.25) is 0 Å². The molecule has 8 nitrogen and oxygen atoms in total. The largest absolute Gasteiger partial charge is 0.505 e. The van der Waals surface area contributed by atoms with Gasteiger partial charge in [-0.25, -0.2) is 0 Å². The molecule has 0 aliphatic rings. The molecule has 0 heterocycles. The second-order valence-electron chi connectivity index (χ2n) is 9.80. The number of azo groups is 1. The Hall–Kier alpha value is -3.29. The van der Waals surface area contributed by atoms with Gasteiger partial charge in [0.2, 0.25) is 0 Å². The number of rotatable bonds is 20. The molecule has 0 bridgehead atoms. The number of phenolic OH excluding ortho intramolecular Hbond substituents is 1. The van der Waals surface area contributed by atoms with Crippen molar-refractivity contribution in [2.45, 2.75) is 110 Å². The number of benzene rings is 2. The predicted octanol–water partition coefficient (Wildman–Crippen LogP) is 9.88. The molecule has 0 aromatic heterocycles. The van der Waals surface area contributed by atoms with Gasteiger partial charge in [-0.3, -0.25) is 14.9 Å². The van der Waals surface area contributed by atoms with Gasteiger partial charge in [0.1, 0.15) is 17.2 Å². The van der Waals surface area contributed by atoms with Crippen LogP contribution in [0, 0.1) is 10.1 Å². The third-order valence-electron chi connectivity index (χ3n) is 6.50. The Morgan fingerprint density at radius 2 is 1.32 bits per heavy atom. The second kappa shape index (κ2) is 18.9. The zero-order valence-corrected chi connectivity index (χ0v) is 22.8. The van der Waals surface area contributed by atoms with Crippen LogP contribution in [-0.2, 0) is 4.79 Å². The monoisotopic (exact) mass is 525 g/mol. The first-order valence-corrected chi connectivity index (χ1v) is 14.2. The number of non-ortho nitro benzene ring substituents is 1. The molecule has 0 spiro atoms. The van der Waals surface area contributed by atoms with Crippen LogP contribution in [0.3, 0.4) is 0 Å². The Bertz CT molecular complexity index is 992. The lowest BCUT2D eigenvalue weighted by atomic mass is 10.0. The van der Waals surface area contributed by atoms with Crippen LogP contribution in [0.25, 0.3) is 0 Å². The first kappa shape index (κ1) is 30.9. The molecule has 0 radical (unpaired) electrons. The summed E-state index contributed by atoms with van der Waals surface area (Å²) in [7, 11) is 0. The molecule has 2 rings (SSSR count). The van der Waals surface area contributed by atoms with Crippen LogP contribution >= 0.6 is 0 Å². The van der Waals surface area contributed by atoms with E-state index in [2.05, 4.69) is 17.2 Å². The van der Waals surface area contributed by atoms with Gasteiger partial charge in [0.15, 0.2) is 0 Å². The maximum absolute atomic E-state index is 12.1. The van der Waals surface area contributed by atoms with E-state index in [0.717, 1.165) is 19.3 Å². The van der Waals surface area contributed by atoms with Gasteiger partial charge in [0.25, 0.3) is 5.69 Å². The van der Waals surface area contributed by atoms with Crippen molar-refractivity contribution in [3.63, 3.8) is 0 Å². The van der Waals surface area contributed by atoms with Gasteiger partial charge < -0.3 is 9.84 Å². The highest BCUT2D eigenvalue weighted by Crippen LogP contribution is 2.32. The summed E-state index contributed by atoms with van der Waals surface area (Å²) in [6.45, 7) is 2.26. The quantitative estimate of drug-likeness (QED) is 0.0461. The molecule has 0 saturated heterocycles. The topological polar surface area (TPSA) is 114 Å². The number of carbonyl (C=O) groups excluding carboxylic acids is 1. The Balaban J connectivity index is 1.54. The molecular weight excluding hydrogens is 482 g/mol. The molecule has 8 heteroatoms. The number of hydrogen-bond donors (Lipinski definition) is 1. The third-order valence-corrected chi connectivity index (χ3v) is 6.50. The number of carbonyl (C=O) groups is 1. The number of ether oxygens (including phenoxy) is 1. The van der Waals surface area contributed by atoms with E-state index in [1.54, 1.807) is 6.07 Å². The van der Waals surface area contributed by atoms with E-state index in [9.17, 15) is 20.0 Å². The Morgan fingerprint density at radius 1 is 0.789 bits per heavy atom. The molecule has 0 unspecified atom stereocenters. The summed E-state index contributed by atoms with van der Waals surface area (Å²) in [5, 5.41) is 28.8. The summed E-state index contributed by atoms with van der Waals surface area (Å²) < 4.78 is 5.33. The van der Waals surface area contributed by atoms with Gasteiger partial charge in [0, 0.05) is 24.6 Å². The van der Waals surface area contributed by atoms with Crippen LogP contribution in [0.5, 0.6) is 11.5 Å². The summed E-state index contributed by atoms with van der Waals surface area (Å²) in [4.78, 5) is 22.4. The van der Waals surface area contributed by atoms with Gasteiger partial charge in [-0.15, -0.1) is 5.11 Å². The lowest BCUT2D eigenvalue weighted by Gasteiger charge is -2.06. The zero-order valence-electron chi connectivity index (χ0n) is 22.8. The summed E-state index contributed by atoms with van der Waals surface area (Å²) in [5.74, 6) is -0.241. The van der Waals surface area contributed by atoms with Crippen molar-refractivity contribution < 1.29 is 19.6 Å². The molecule has 1 N–H and O–H groups in total. The Labute approximate surface area is 226 Å². The molecule has 2 aromatic rings. The van der Waals surface area contributed by atoms with Gasteiger partial charge in [-0.2, -0.15) is 5.11 Å². The average molecular weight is 526 g/mol. The molecule has 0 aliphatic carbocycles. The highest BCUT2D eigenvalue weighted by molar-refractivity contribution is 5.72. The van der Waals surface area contributed by atoms with Crippen molar-refractivity contribution in [3.8, 4) is 11.5 Å². The van der Waals surface area contributed by atoms with Crippen LogP contribution in [0.4, 0.5) is 17.1 Å². The highest BCUT2D eigenvalue weighted by atomic mass is 16.6. The first-order chi connectivity index (χ1) is 18.5. The van der Waals surface area contributed by atoms with E-state index in [0.29, 0.717) is 12.1 Å². The fourth-order valence-electron chi connectivity index (χ4n) is 4.23. The normalized spacial score (nSPS) is 11.2. The van der Waals surface area contributed by atoms with Crippen LogP contribution < -0.4 is 4.74 Å². The third kappa shape index (κ3) is 13.3. The fourth-order valence-corrected chi connectivity index (χ4v) is 4.23. The lowest BCUT2D eigenvalue weighted by molar-refractivity contribution is -0.384. The van der Waals surface area contributed by atoms with Crippen LogP contribution in [-0.4, -0.2) is 16.0 Å². The molecule has 0 fully saturated rings. The molecule has 38 heavy (non-hydrogen) atoms. The van der Waals surface area contributed by atoms with E-state index in [1.165, 1.54) is 113 Å². The van der Waals surface area contributed by atoms with Gasteiger partial charge in [-0.1, -0.05) is 96.8 Å². The number of nitro groups is 1. The maximum Gasteiger partial charge on any atom is 0.311 e. The predicted molar refractivity (Wildman–Crippen MR) is 151 cm³/mol. The fraction of sp³-hybridized carbons (Fsp3) is 0.567. The van der Waals surface area contributed by atoms with Crippen molar-refractivity contribution in [2.24, 2.45) is 10.2 Å². The highest BCUT2D eigenvalue weighted by Gasteiger charge is 2.09. The standard InChI is InChI=1S/C30H43N3O5/c1-2-3-4-5-6-7-8-9-10-11-12-13-14-15-16-17-30(35)38-27-22-23-28(29(34)24-27)32-31-25-18-20-26(21-19-25)33(36)37/h18-24,34H,2-17H2,1H3. The average Bonchev–Trinajstić information content (AvgIpc) is 2.90. The minimum absolute atomic E-state index is 0.0395. The van der Waals surface area contributed by atoms with Gasteiger partial charge in [0.05, 0.1) is 10.6 Å². The van der Waals surface area contributed by atoms with Crippen molar-refractivity contribution in [2.75, 3.05) is 0 Å². The number of phenols is 1. The SMILES string of the molecule is CCCCCCCCCCCCCCCCCC(=O)Oc1ccc(N=Nc2ccc([N+](=O)[O-])cc2)c(O)c1. The minimum atomic E-state index is -0.493. The smallest absolute Gasteiger partial charge is 0.311 e. The second-order valence-corrected chi connectivity index (χ2v) is 9.80. The summed E-state index contributed by atoms with van der Waals surface area (Å²) in [6.07, 6.45) is 19.4. The van der Waals surface area contributed by atoms with E-state index in [1.807, 2.05) is 0 Å². The summed E-state index contributed by atoms with van der Waals surface area (Å²) in [5.41, 5.74) is 0.571. The number of aromatic hydroxyl groups is 1. The number of unbranched alkanes of at least 4 members (excludes halogenated alkanes) is 14. The molecule has 0 amide bonds. The van der Waals surface area contributed by atoms with Crippen molar-refractivity contribution in [1.82, 2.24) is 0 Å². The van der Waals surface area contributed by atoms with Crippen molar-refractivity contribution >= 4 is 23.0 Å². The van der Waals surface area contributed by atoms with Gasteiger partial charge >= 0.3 is 5.97 Å². The minimum Gasteiger partial charge on any atom is -0.505 e. The Morgan fingerprint density at radius 3 is 1.82 bits per heavy atom. The summed E-state index contributed by atoms with van der Waals surface area (Å²) in [6, 6.07) is 9.97. The first-order valence-electron chi connectivity index (χ1n) is 14.2. The summed E-state index contributed by atoms with van der Waals surface area (Å²) >= 11 is 0. The van der Waals surface area contributed by atoms with E-state index in [-0.39, 0.29) is 28.8 Å². The molecule has 2 aromatic carbocycles. The van der Waals surface area contributed by atoms with Crippen LogP contribution in [0.1, 0.15) is 110 Å². The molecule has 0 aliphatic heterocycles. The molecule has 0 atom stereocenters. The molecular formula is C30H43N3O5. The number of esters is 1. The van der Waals surface area contributed by atoms with Gasteiger partial charge in [-0.05, 0) is 30.7 Å². The van der Waals surface area contributed by atoms with Crippen LogP contribution in [0.15, 0.2) is 52.7 Å². The number of nitro benzene ring substituents is 1. The lowest BCUT2D eigenvalue weighted by Crippen LogP contribution is -2.07. The molecule has 0 saturated carbocycles.